The van der Waals surface area contributed by atoms with Gasteiger partial charge in [0.25, 0.3) is 0 Å². The quantitative estimate of drug-likeness (QED) is 0.551. The van der Waals surface area contributed by atoms with Crippen LogP contribution in [0.2, 0.25) is 0 Å². The molecule has 0 radical (unpaired) electrons. The third-order valence-corrected chi connectivity index (χ3v) is 6.48. The van der Waals surface area contributed by atoms with Gasteiger partial charge in [-0.05, 0) is 53.2 Å². The van der Waals surface area contributed by atoms with Gasteiger partial charge in [-0.3, -0.25) is 4.90 Å². The first kappa shape index (κ1) is 24.5. The van der Waals surface area contributed by atoms with Gasteiger partial charge in [0.2, 0.25) is 0 Å². The predicted molar refractivity (Wildman–Crippen MR) is 126 cm³/mol. The van der Waals surface area contributed by atoms with E-state index in [2.05, 4.69) is 42.7 Å². The number of aldehydes is 1. The van der Waals surface area contributed by atoms with E-state index in [-0.39, 0.29) is 11.6 Å². The van der Waals surface area contributed by atoms with E-state index >= 15 is 0 Å². The fourth-order valence-corrected chi connectivity index (χ4v) is 4.51. The van der Waals surface area contributed by atoms with E-state index in [9.17, 15) is 9.18 Å². The highest BCUT2D eigenvalue weighted by Crippen LogP contribution is 2.27. The molecule has 35 heavy (non-hydrogen) atoms. The molecule has 0 saturated carbocycles. The van der Waals surface area contributed by atoms with E-state index < -0.39 is 5.82 Å². The Hall–Kier alpha value is -3.59. The van der Waals surface area contributed by atoms with Gasteiger partial charge in [0.1, 0.15) is 24.5 Å². The lowest BCUT2D eigenvalue weighted by molar-refractivity contribution is -0.107. The summed E-state index contributed by atoms with van der Waals surface area (Å²) >= 11 is 0. The first-order valence-corrected chi connectivity index (χ1v) is 11.5. The zero-order valence-electron chi connectivity index (χ0n) is 19.8. The second-order valence-electron chi connectivity index (χ2n) is 8.77. The molecular weight excluding hydrogens is 449 g/mol. The molecule has 0 amide bonds. The first-order valence-electron chi connectivity index (χ1n) is 11.5. The number of hydrogen-bond donors (Lipinski definition) is 1. The standard InChI is InChI=1S/C16H21FN4.C8H7N5O/c1-11-13(3-4-15(17)14(11)7-18)16-10-21-6-5-20(2)9-12(21)8-19-16;14-4-3-7-1-2-8(9-5-7)13-6-10-11-12-13/h3-4,12,16,19H,5-6,8-10H2,1-2H3;1-2,4-6H,3H2. The van der Waals surface area contributed by atoms with Crippen molar-refractivity contribution in [3.8, 4) is 11.9 Å². The number of nitriles is 1. The summed E-state index contributed by atoms with van der Waals surface area (Å²) in [6, 6.07) is 9.52. The molecule has 0 bridgehead atoms. The van der Waals surface area contributed by atoms with Crippen LogP contribution in [-0.4, -0.2) is 87.1 Å². The van der Waals surface area contributed by atoms with E-state index in [0.29, 0.717) is 18.3 Å². The molecule has 11 heteroatoms. The number of carbonyl (C=O) groups is 1. The topological polar surface area (TPSA) is 116 Å². The van der Waals surface area contributed by atoms with Crippen molar-refractivity contribution in [3.63, 3.8) is 0 Å². The second kappa shape index (κ2) is 11.2. The van der Waals surface area contributed by atoms with E-state index in [1.165, 1.54) is 17.1 Å². The highest BCUT2D eigenvalue weighted by atomic mass is 19.1. The maximum absolute atomic E-state index is 13.7. The van der Waals surface area contributed by atoms with Gasteiger partial charge in [0.15, 0.2) is 5.82 Å². The lowest BCUT2D eigenvalue weighted by Crippen LogP contribution is -2.61. The molecule has 2 aliphatic heterocycles. The highest BCUT2D eigenvalue weighted by molar-refractivity contribution is 5.54. The van der Waals surface area contributed by atoms with Gasteiger partial charge in [0, 0.05) is 57.4 Å². The summed E-state index contributed by atoms with van der Waals surface area (Å²) < 4.78 is 15.1. The van der Waals surface area contributed by atoms with Gasteiger partial charge in [-0.25, -0.2) is 9.37 Å². The Morgan fingerprint density at radius 2 is 2.11 bits per heavy atom. The number of benzene rings is 1. The van der Waals surface area contributed by atoms with E-state index in [1.54, 1.807) is 12.3 Å². The van der Waals surface area contributed by atoms with Crippen molar-refractivity contribution >= 4 is 6.29 Å². The van der Waals surface area contributed by atoms with Crippen molar-refractivity contribution < 1.29 is 9.18 Å². The molecule has 182 valence electrons. The molecule has 10 nitrogen and oxygen atoms in total. The molecule has 1 N–H and O–H groups in total. The molecule has 2 aliphatic rings. The Balaban J connectivity index is 0.000000179. The van der Waals surface area contributed by atoms with Crippen LogP contribution in [0.1, 0.15) is 28.3 Å². The van der Waals surface area contributed by atoms with Crippen molar-refractivity contribution in [2.45, 2.75) is 25.4 Å². The van der Waals surface area contributed by atoms with Crippen LogP contribution < -0.4 is 5.32 Å². The molecule has 4 heterocycles. The molecule has 3 aromatic rings. The SMILES string of the molecule is Cc1c(C2CN3CCN(C)CC3CN2)ccc(F)c1C#N.O=CCc1ccc(-n2cnnn2)nc1. The van der Waals surface area contributed by atoms with Crippen LogP contribution in [0.5, 0.6) is 0 Å². The lowest BCUT2D eigenvalue weighted by atomic mass is 9.94. The number of carbonyl (C=O) groups excluding carboxylic acids is 1. The number of piperazine rings is 2. The summed E-state index contributed by atoms with van der Waals surface area (Å²) in [4.78, 5) is 19.2. The third-order valence-electron chi connectivity index (χ3n) is 6.48. The number of halogens is 1. The number of nitrogens with zero attached hydrogens (tertiary/aromatic N) is 8. The Morgan fingerprint density at radius 1 is 1.26 bits per heavy atom. The van der Waals surface area contributed by atoms with Crippen LogP contribution in [0.25, 0.3) is 5.82 Å². The van der Waals surface area contributed by atoms with E-state index in [0.717, 1.165) is 55.7 Å². The Kier molecular flexibility index (Phi) is 7.87. The predicted octanol–water partition coefficient (Wildman–Crippen LogP) is 1.06. The average Bonchev–Trinajstić information content (AvgIpc) is 3.40. The number of tetrazole rings is 1. The fraction of sp³-hybridized carbons (Fsp3) is 0.417. The number of likely N-dealkylation sites (N-methyl/N-ethyl adjacent to an activating group) is 1. The van der Waals surface area contributed by atoms with Crippen LogP contribution in [-0.2, 0) is 11.2 Å². The fourth-order valence-electron chi connectivity index (χ4n) is 4.51. The summed E-state index contributed by atoms with van der Waals surface area (Å²) in [7, 11) is 2.16. The molecule has 2 saturated heterocycles. The van der Waals surface area contributed by atoms with Gasteiger partial charge in [-0.15, -0.1) is 5.10 Å². The number of aromatic nitrogens is 5. The Bertz CT molecular complexity index is 1180. The maximum Gasteiger partial charge on any atom is 0.156 e. The molecule has 2 aromatic heterocycles. The molecule has 5 rings (SSSR count). The normalized spacial score (nSPS) is 20.3. The second-order valence-corrected chi connectivity index (χ2v) is 8.77. The Morgan fingerprint density at radius 3 is 2.80 bits per heavy atom. The van der Waals surface area contributed by atoms with Crippen LogP contribution in [0, 0.1) is 24.1 Å². The van der Waals surface area contributed by atoms with Gasteiger partial charge in [0.05, 0.1) is 5.56 Å². The summed E-state index contributed by atoms with van der Waals surface area (Å²) in [5, 5.41) is 23.4. The number of fused-ring (bicyclic) bond motifs is 1. The van der Waals surface area contributed by atoms with Gasteiger partial charge in [-0.1, -0.05) is 12.1 Å². The van der Waals surface area contributed by atoms with Gasteiger partial charge in [-0.2, -0.15) is 9.94 Å². The number of pyridine rings is 1. The van der Waals surface area contributed by atoms with Crippen LogP contribution >= 0.6 is 0 Å². The zero-order valence-corrected chi connectivity index (χ0v) is 19.8. The molecule has 2 atom stereocenters. The number of hydrogen-bond acceptors (Lipinski definition) is 9. The first-order chi connectivity index (χ1) is 17.0. The Labute approximate surface area is 203 Å². The largest absolute Gasteiger partial charge is 0.307 e. The summed E-state index contributed by atoms with van der Waals surface area (Å²) in [5.74, 6) is 0.205. The molecule has 0 aliphatic carbocycles. The summed E-state index contributed by atoms with van der Waals surface area (Å²) in [6.45, 7) is 6.96. The van der Waals surface area contributed by atoms with Crippen molar-refractivity contribution in [2.24, 2.45) is 0 Å². The van der Waals surface area contributed by atoms with Crippen LogP contribution in [0.4, 0.5) is 4.39 Å². The van der Waals surface area contributed by atoms with Gasteiger partial charge >= 0.3 is 0 Å². The van der Waals surface area contributed by atoms with E-state index in [1.807, 2.05) is 25.1 Å². The maximum atomic E-state index is 13.7. The summed E-state index contributed by atoms with van der Waals surface area (Å²) in [5.41, 5.74) is 2.86. The summed E-state index contributed by atoms with van der Waals surface area (Å²) in [6.07, 6.45) is 4.31. The minimum atomic E-state index is -0.424. The monoisotopic (exact) mass is 477 g/mol. The molecule has 2 unspecified atom stereocenters. The molecule has 2 fully saturated rings. The van der Waals surface area contributed by atoms with Crippen LogP contribution in [0.15, 0.2) is 36.8 Å². The average molecular weight is 478 g/mol. The smallest absolute Gasteiger partial charge is 0.156 e. The minimum absolute atomic E-state index is 0.176. The van der Waals surface area contributed by atoms with Gasteiger partial charge < -0.3 is 15.0 Å². The van der Waals surface area contributed by atoms with Crippen LogP contribution in [0.3, 0.4) is 0 Å². The van der Waals surface area contributed by atoms with Crippen molar-refractivity contribution in [1.29, 1.82) is 5.26 Å². The molecule has 1 aromatic carbocycles. The van der Waals surface area contributed by atoms with Crippen molar-refractivity contribution in [1.82, 2.24) is 40.3 Å². The van der Waals surface area contributed by atoms with E-state index in [4.69, 9.17) is 5.26 Å². The van der Waals surface area contributed by atoms with Crippen molar-refractivity contribution in [2.75, 3.05) is 39.8 Å². The molecular formula is C24H28FN9O. The number of nitrogens with one attached hydrogen (secondary N) is 1. The minimum Gasteiger partial charge on any atom is -0.307 e. The number of rotatable bonds is 4. The third kappa shape index (κ3) is 5.74. The van der Waals surface area contributed by atoms with Crippen molar-refractivity contribution in [3.05, 3.63) is 64.9 Å². The highest BCUT2D eigenvalue weighted by Gasteiger charge is 2.32. The zero-order chi connectivity index (χ0) is 24.8. The lowest BCUT2D eigenvalue weighted by Gasteiger charge is -2.46. The molecule has 0 spiro atoms.